The molecule has 4 rings (SSSR count). The summed E-state index contributed by atoms with van der Waals surface area (Å²) in [6.45, 7) is 0. The first-order valence-electron chi connectivity index (χ1n) is 8.10. The highest BCUT2D eigenvalue weighted by Crippen LogP contribution is 2.26. The average Bonchev–Trinajstić information content (AvgIpc) is 3.30. The Morgan fingerprint density at radius 2 is 1.67 bits per heavy atom. The molecule has 0 aliphatic carbocycles. The first-order chi connectivity index (χ1) is 13.1. The van der Waals surface area contributed by atoms with Crippen molar-refractivity contribution < 1.29 is 24.0 Å². The highest BCUT2D eigenvalue weighted by Gasteiger charge is 2.27. The molecule has 27 heavy (non-hydrogen) atoms. The van der Waals surface area contributed by atoms with Crippen LogP contribution in [0, 0.1) is 0 Å². The van der Waals surface area contributed by atoms with E-state index in [1.807, 2.05) is 30.3 Å². The van der Waals surface area contributed by atoms with Gasteiger partial charge < -0.3 is 19.2 Å². The van der Waals surface area contributed by atoms with Crippen molar-refractivity contribution >= 4 is 23.7 Å². The third kappa shape index (κ3) is 3.28. The number of carbonyl (C=O) groups is 2. The van der Waals surface area contributed by atoms with Gasteiger partial charge in [0.1, 0.15) is 17.2 Å². The largest absolute Gasteiger partial charge is 0.545 e. The lowest BCUT2D eigenvalue weighted by atomic mass is 10.0. The molecule has 6 nitrogen and oxygen atoms in total. The summed E-state index contributed by atoms with van der Waals surface area (Å²) in [5.74, 6) is -0.799. The van der Waals surface area contributed by atoms with Crippen molar-refractivity contribution in [1.82, 2.24) is 0 Å². The van der Waals surface area contributed by atoms with Gasteiger partial charge in [-0.05, 0) is 23.8 Å². The van der Waals surface area contributed by atoms with E-state index in [2.05, 4.69) is 5.16 Å². The number of carbonyl (C=O) groups excluding carboxylic acids is 2. The van der Waals surface area contributed by atoms with Crippen molar-refractivity contribution in [3.63, 3.8) is 0 Å². The number of hydrogen-bond donors (Lipinski definition) is 0. The van der Waals surface area contributed by atoms with Gasteiger partial charge in [0.2, 0.25) is 0 Å². The predicted octanol–water partition coefficient (Wildman–Crippen LogP) is 2.65. The predicted molar refractivity (Wildman–Crippen MR) is 95.5 cm³/mol. The van der Waals surface area contributed by atoms with Gasteiger partial charge in [-0.1, -0.05) is 59.8 Å². The molecular formula is C21H12NO5-. The number of hydrogen-bond acceptors (Lipinski definition) is 6. The smallest absolute Gasteiger partial charge is 0.368 e. The molecule has 2 aromatic carbocycles. The van der Waals surface area contributed by atoms with E-state index >= 15 is 0 Å². The zero-order valence-corrected chi connectivity index (χ0v) is 13.9. The van der Waals surface area contributed by atoms with Gasteiger partial charge in [0, 0.05) is 11.1 Å². The number of rotatable bonds is 4. The van der Waals surface area contributed by atoms with Gasteiger partial charge in [-0.15, -0.1) is 0 Å². The number of aromatic carboxylic acids is 1. The van der Waals surface area contributed by atoms with Crippen LogP contribution in [0.1, 0.15) is 21.7 Å². The van der Waals surface area contributed by atoms with E-state index in [0.717, 1.165) is 5.56 Å². The zero-order valence-electron chi connectivity index (χ0n) is 13.9. The normalized spacial score (nSPS) is 14.9. The maximum atomic E-state index is 12.0. The summed E-state index contributed by atoms with van der Waals surface area (Å²) >= 11 is 0. The summed E-state index contributed by atoms with van der Waals surface area (Å²) in [7, 11) is 0. The van der Waals surface area contributed by atoms with Crippen LogP contribution in [-0.4, -0.2) is 17.7 Å². The van der Waals surface area contributed by atoms with Crippen LogP contribution in [0.5, 0.6) is 0 Å². The maximum Gasteiger partial charge on any atom is 0.368 e. The fourth-order valence-electron chi connectivity index (χ4n) is 2.71. The molecular weight excluding hydrogens is 346 g/mol. The Morgan fingerprint density at radius 1 is 0.926 bits per heavy atom. The van der Waals surface area contributed by atoms with Gasteiger partial charge in [-0.2, -0.15) is 0 Å². The van der Waals surface area contributed by atoms with Crippen molar-refractivity contribution in [3.8, 4) is 11.3 Å². The van der Waals surface area contributed by atoms with Crippen molar-refractivity contribution in [2.24, 2.45) is 5.16 Å². The minimum atomic E-state index is -1.24. The summed E-state index contributed by atoms with van der Waals surface area (Å²) in [4.78, 5) is 27.7. The summed E-state index contributed by atoms with van der Waals surface area (Å²) in [6.07, 6.45) is 1.57. The van der Waals surface area contributed by atoms with Gasteiger partial charge in [0.15, 0.2) is 0 Å². The SMILES string of the molecule is O=C1ON=C(c2ccccc2)C1=Cc1ccc(-c2ccc(C(=O)[O-])cc2)o1. The van der Waals surface area contributed by atoms with Crippen molar-refractivity contribution in [2.75, 3.05) is 0 Å². The first kappa shape index (κ1) is 16.5. The lowest BCUT2D eigenvalue weighted by Gasteiger charge is -2.02. The van der Waals surface area contributed by atoms with E-state index in [1.165, 1.54) is 12.1 Å². The second-order valence-corrected chi connectivity index (χ2v) is 5.81. The lowest BCUT2D eigenvalue weighted by molar-refractivity contribution is -0.255. The molecule has 132 valence electrons. The zero-order chi connectivity index (χ0) is 18.8. The summed E-state index contributed by atoms with van der Waals surface area (Å²) < 4.78 is 5.76. The third-order valence-electron chi connectivity index (χ3n) is 4.06. The molecule has 0 unspecified atom stereocenters. The van der Waals surface area contributed by atoms with Crippen LogP contribution in [0.25, 0.3) is 17.4 Å². The number of benzene rings is 2. The van der Waals surface area contributed by atoms with Crippen LogP contribution in [0.4, 0.5) is 0 Å². The van der Waals surface area contributed by atoms with Crippen molar-refractivity contribution in [1.29, 1.82) is 0 Å². The first-order valence-corrected chi connectivity index (χ1v) is 8.10. The third-order valence-corrected chi connectivity index (χ3v) is 4.06. The minimum absolute atomic E-state index is 0.0880. The molecule has 0 amide bonds. The molecule has 0 fully saturated rings. The number of carboxylic acids is 1. The summed E-state index contributed by atoms with van der Waals surface area (Å²) in [5, 5.41) is 14.7. The number of oxime groups is 1. The topological polar surface area (TPSA) is 91.9 Å². The van der Waals surface area contributed by atoms with E-state index in [4.69, 9.17) is 9.25 Å². The van der Waals surface area contributed by atoms with Crippen molar-refractivity contribution in [2.45, 2.75) is 0 Å². The highest BCUT2D eigenvalue weighted by molar-refractivity contribution is 6.31. The van der Waals surface area contributed by atoms with Crippen LogP contribution in [0.2, 0.25) is 0 Å². The van der Waals surface area contributed by atoms with Gasteiger partial charge in [-0.3, -0.25) is 0 Å². The van der Waals surface area contributed by atoms with Crippen LogP contribution < -0.4 is 5.11 Å². The molecule has 0 spiro atoms. The van der Waals surface area contributed by atoms with Crippen LogP contribution in [0.3, 0.4) is 0 Å². The molecule has 0 atom stereocenters. The Morgan fingerprint density at radius 3 is 2.37 bits per heavy atom. The number of furan rings is 1. The molecule has 0 bridgehead atoms. The monoisotopic (exact) mass is 358 g/mol. The van der Waals surface area contributed by atoms with Crippen LogP contribution >= 0.6 is 0 Å². The molecule has 1 aliphatic rings. The van der Waals surface area contributed by atoms with E-state index in [9.17, 15) is 14.7 Å². The molecule has 1 aliphatic heterocycles. The molecule has 0 N–H and O–H groups in total. The van der Waals surface area contributed by atoms with Gasteiger partial charge in [-0.25, -0.2) is 4.79 Å². The number of carboxylic acid groups (broad SMARTS) is 1. The van der Waals surface area contributed by atoms with E-state index in [-0.39, 0.29) is 5.56 Å². The van der Waals surface area contributed by atoms with E-state index < -0.39 is 11.9 Å². The Hall–Kier alpha value is -3.93. The van der Waals surface area contributed by atoms with Crippen molar-refractivity contribution in [3.05, 3.63) is 89.2 Å². The Balaban J connectivity index is 1.64. The molecule has 6 heteroatoms. The molecule has 2 heterocycles. The molecule has 1 aromatic heterocycles. The molecule has 0 saturated carbocycles. The highest BCUT2D eigenvalue weighted by atomic mass is 16.7. The fraction of sp³-hybridized carbons (Fsp3) is 0. The Labute approximate surface area is 154 Å². The van der Waals surface area contributed by atoms with Crippen LogP contribution in [-0.2, 0) is 9.63 Å². The number of nitrogens with zero attached hydrogens (tertiary/aromatic N) is 1. The Bertz CT molecular complexity index is 1080. The quantitative estimate of drug-likeness (QED) is 0.528. The summed E-state index contributed by atoms with van der Waals surface area (Å²) in [6, 6.07) is 18.8. The molecule has 0 saturated heterocycles. The van der Waals surface area contributed by atoms with Crippen LogP contribution in [0.15, 0.2) is 81.9 Å². The second-order valence-electron chi connectivity index (χ2n) is 5.81. The second kappa shape index (κ2) is 6.76. The summed E-state index contributed by atoms with van der Waals surface area (Å²) in [5.41, 5.74) is 2.30. The average molecular weight is 358 g/mol. The van der Waals surface area contributed by atoms with Gasteiger partial charge in [0.05, 0.1) is 11.5 Å². The van der Waals surface area contributed by atoms with Gasteiger partial charge >= 0.3 is 5.97 Å². The Kier molecular flexibility index (Phi) is 4.14. The van der Waals surface area contributed by atoms with Gasteiger partial charge in [0.25, 0.3) is 0 Å². The standard InChI is InChI=1S/C21H13NO5/c23-20(24)15-8-6-13(7-9-15)18-11-10-16(26-18)12-17-19(22-27-21(17)25)14-4-2-1-3-5-14/h1-12H,(H,23,24)/p-1. The fourth-order valence-corrected chi connectivity index (χ4v) is 2.71. The van der Waals surface area contributed by atoms with E-state index in [0.29, 0.717) is 28.4 Å². The lowest BCUT2D eigenvalue weighted by Crippen LogP contribution is -2.21. The van der Waals surface area contributed by atoms with E-state index in [1.54, 1.807) is 30.3 Å². The maximum absolute atomic E-state index is 12.0. The molecule has 0 radical (unpaired) electrons. The minimum Gasteiger partial charge on any atom is -0.545 e. The molecule has 3 aromatic rings.